The molecule has 36 heavy (non-hydrogen) atoms. The Labute approximate surface area is 204 Å². The fraction of sp³-hybridized carbons (Fsp3) is 0.192. The summed E-state index contributed by atoms with van der Waals surface area (Å²) in [5, 5.41) is 7.10. The van der Waals surface area contributed by atoms with Crippen LogP contribution in [0.25, 0.3) is 21.7 Å². The number of carbonyl (C=O) groups excluding carboxylic acids is 2. The number of H-pyrrole nitrogens is 1. The Morgan fingerprint density at radius 3 is 2.42 bits per heavy atom. The highest BCUT2D eigenvalue weighted by molar-refractivity contribution is 6.13. The molecule has 2 amide bonds. The molecule has 0 aliphatic rings. The van der Waals surface area contributed by atoms with Crippen molar-refractivity contribution in [2.45, 2.75) is 26.0 Å². The van der Waals surface area contributed by atoms with Crippen LogP contribution in [0, 0.1) is 11.6 Å². The summed E-state index contributed by atoms with van der Waals surface area (Å²) < 4.78 is 32.6. The summed E-state index contributed by atoms with van der Waals surface area (Å²) in [6.07, 6.45) is -0.176. The molecule has 186 valence electrons. The summed E-state index contributed by atoms with van der Waals surface area (Å²) in [5.74, 6) is -3.23. The van der Waals surface area contributed by atoms with Crippen LogP contribution < -0.4 is 21.9 Å². The molecule has 0 spiro atoms. The van der Waals surface area contributed by atoms with Crippen molar-refractivity contribution in [1.82, 2.24) is 4.98 Å². The summed E-state index contributed by atoms with van der Waals surface area (Å²) in [6, 6.07) is 11.9. The number of amides is 2. The van der Waals surface area contributed by atoms with E-state index in [2.05, 4.69) is 15.6 Å². The SMILES string of the molecule is CC(C)OC[C@H](Nc1ccc(F)c(F)c1)C(=O)Nc1ccc2c(=O)[nH]c3c(C(N)=O)cccc3c2c1. The van der Waals surface area contributed by atoms with Gasteiger partial charge in [0.25, 0.3) is 11.5 Å². The Bertz CT molecular complexity index is 1530. The molecule has 0 aliphatic carbocycles. The van der Waals surface area contributed by atoms with Crippen LogP contribution in [0.3, 0.4) is 0 Å². The minimum absolute atomic E-state index is 0.0410. The first-order valence-electron chi connectivity index (χ1n) is 11.2. The molecule has 0 saturated heterocycles. The monoisotopic (exact) mass is 494 g/mol. The van der Waals surface area contributed by atoms with Gasteiger partial charge in [-0.15, -0.1) is 0 Å². The van der Waals surface area contributed by atoms with Crippen LogP contribution in [0.4, 0.5) is 20.2 Å². The topological polar surface area (TPSA) is 126 Å². The molecule has 4 rings (SSSR count). The van der Waals surface area contributed by atoms with Gasteiger partial charge in [0.1, 0.15) is 6.04 Å². The number of nitrogens with one attached hydrogen (secondary N) is 3. The van der Waals surface area contributed by atoms with Gasteiger partial charge in [0.2, 0.25) is 5.91 Å². The first-order valence-corrected chi connectivity index (χ1v) is 11.2. The lowest BCUT2D eigenvalue weighted by Crippen LogP contribution is -2.39. The Hall–Kier alpha value is -4.31. The van der Waals surface area contributed by atoms with Crippen molar-refractivity contribution in [3.05, 3.63) is 82.1 Å². The average Bonchev–Trinajstić information content (AvgIpc) is 2.83. The molecule has 0 fully saturated rings. The molecule has 3 aromatic carbocycles. The van der Waals surface area contributed by atoms with Crippen molar-refractivity contribution in [3.8, 4) is 0 Å². The summed E-state index contributed by atoms with van der Waals surface area (Å²) in [5.41, 5.74) is 6.10. The minimum Gasteiger partial charge on any atom is -0.376 e. The predicted octanol–water partition coefficient (Wildman–Crippen LogP) is 3.90. The van der Waals surface area contributed by atoms with Crippen molar-refractivity contribution in [1.29, 1.82) is 0 Å². The first kappa shape index (κ1) is 24.8. The minimum atomic E-state index is -1.05. The van der Waals surface area contributed by atoms with Gasteiger partial charge in [0.05, 0.1) is 23.8 Å². The van der Waals surface area contributed by atoms with Crippen molar-refractivity contribution in [2.24, 2.45) is 5.73 Å². The number of aromatic nitrogens is 1. The van der Waals surface area contributed by atoms with E-state index >= 15 is 0 Å². The van der Waals surface area contributed by atoms with Crippen LogP contribution >= 0.6 is 0 Å². The molecule has 8 nitrogen and oxygen atoms in total. The van der Waals surface area contributed by atoms with Crippen LogP contribution in [0.2, 0.25) is 0 Å². The number of hydrogen-bond acceptors (Lipinski definition) is 5. The van der Waals surface area contributed by atoms with Crippen LogP contribution in [0.5, 0.6) is 0 Å². The van der Waals surface area contributed by atoms with E-state index in [9.17, 15) is 23.2 Å². The second kappa shape index (κ2) is 10.1. The second-order valence-electron chi connectivity index (χ2n) is 8.50. The maximum atomic E-state index is 13.7. The lowest BCUT2D eigenvalue weighted by atomic mass is 10.0. The first-order chi connectivity index (χ1) is 17.1. The van der Waals surface area contributed by atoms with E-state index < -0.39 is 35.0 Å². The van der Waals surface area contributed by atoms with Crippen LogP contribution in [-0.4, -0.2) is 35.6 Å². The highest BCUT2D eigenvalue weighted by Gasteiger charge is 2.21. The number of rotatable bonds is 8. The van der Waals surface area contributed by atoms with Gasteiger partial charge in [-0.05, 0) is 55.6 Å². The number of halogens is 2. The molecular formula is C26H24F2N4O4. The van der Waals surface area contributed by atoms with Crippen molar-refractivity contribution >= 4 is 44.9 Å². The molecule has 0 saturated carbocycles. The molecule has 10 heteroatoms. The van der Waals surface area contributed by atoms with Gasteiger partial charge < -0.3 is 26.1 Å². The fourth-order valence-electron chi connectivity index (χ4n) is 3.83. The smallest absolute Gasteiger partial charge is 0.256 e. The normalized spacial score (nSPS) is 12.1. The summed E-state index contributed by atoms with van der Waals surface area (Å²) in [7, 11) is 0. The zero-order chi connectivity index (χ0) is 26.0. The zero-order valence-electron chi connectivity index (χ0n) is 19.5. The number of pyridine rings is 1. The Morgan fingerprint density at radius 1 is 0.972 bits per heavy atom. The van der Waals surface area contributed by atoms with Crippen molar-refractivity contribution < 1.29 is 23.1 Å². The van der Waals surface area contributed by atoms with E-state index in [1.165, 1.54) is 12.1 Å². The second-order valence-corrected chi connectivity index (χ2v) is 8.50. The number of nitrogens with two attached hydrogens (primary N) is 1. The third-order valence-corrected chi connectivity index (χ3v) is 5.56. The maximum absolute atomic E-state index is 13.7. The maximum Gasteiger partial charge on any atom is 0.256 e. The van der Waals surface area contributed by atoms with E-state index in [-0.39, 0.29) is 24.0 Å². The highest BCUT2D eigenvalue weighted by atomic mass is 19.2. The standard InChI is InChI=1S/C26H24F2N4O4/c1-13(2)36-12-22(30-15-7-9-20(27)21(28)11-15)26(35)31-14-6-8-17-19(10-14)16-4-3-5-18(24(29)33)23(16)32-25(17)34/h3-11,13,22,30H,12H2,1-2H3,(H2,29,33)(H,31,35)(H,32,34)/t22-/m0/s1. The van der Waals surface area contributed by atoms with Gasteiger partial charge in [-0.1, -0.05) is 12.1 Å². The van der Waals surface area contributed by atoms with E-state index in [4.69, 9.17) is 10.5 Å². The molecule has 0 unspecified atom stereocenters. The Morgan fingerprint density at radius 2 is 1.72 bits per heavy atom. The lowest BCUT2D eigenvalue weighted by molar-refractivity contribution is -0.118. The largest absolute Gasteiger partial charge is 0.376 e. The van der Waals surface area contributed by atoms with E-state index in [0.717, 1.165) is 12.1 Å². The van der Waals surface area contributed by atoms with E-state index in [0.29, 0.717) is 27.4 Å². The molecule has 4 aromatic rings. The van der Waals surface area contributed by atoms with Gasteiger partial charge in [-0.2, -0.15) is 0 Å². The number of primary amides is 1. The van der Waals surface area contributed by atoms with Gasteiger partial charge >= 0.3 is 0 Å². The molecule has 0 bridgehead atoms. The number of para-hydroxylation sites is 1. The number of ether oxygens (including phenoxy) is 1. The molecular weight excluding hydrogens is 470 g/mol. The molecule has 0 radical (unpaired) electrons. The van der Waals surface area contributed by atoms with Gasteiger partial charge in [-0.25, -0.2) is 8.78 Å². The van der Waals surface area contributed by atoms with Crippen LogP contribution in [-0.2, 0) is 9.53 Å². The number of hydrogen-bond donors (Lipinski definition) is 4. The van der Waals surface area contributed by atoms with Crippen molar-refractivity contribution in [3.63, 3.8) is 0 Å². The quantitative estimate of drug-likeness (QED) is 0.277. The van der Waals surface area contributed by atoms with E-state index in [1.54, 1.807) is 44.2 Å². The molecule has 0 aliphatic heterocycles. The van der Waals surface area contributed by atoms with Crippen LogP contribution in [0.15, 0.2) is 59.4 Å². The zero-order valence-corrected chi connectivity index (χ0v) is 19.5. The highest BCUT2D eigenvalue weighted by Crippen LogP contribution is 2.26. The number of benzene rings is 3. The predicted molar refractivity (Wildman–Crippen MR) is 134 cm³/mol. The third kappa shape index (κ3) is 5.18. The van der Waals surface area contributed by atoms with E-state index in [1.807, 2.05) is 0 Å². The fourth-order valence-corrected chi connectivity index (χ4v) is 3.83. The molecule has 1 heterocycles. The molecule has 5 N–H and O–H groups in total. The molecule has 1 atom stereocenters. The summed E-state index contributed by atoms with van der Waals surface area (Å²) in [6.45, 7) is 3.57. The number of aromatic amines is 1. The van der Waals surface area contributed by atoms with Crippen LogP contribution in [0.1, 0.15) is 24.2 Å². The average molecular weight is 494 g/mol. The van der Waals surface area contributed by atoms with Crippen molar-refractivity contribution in [2.75, 3.05) is 17.2 Å². The number of fused-ring (bicyclic) bond motifs is 3. The molecule has 1 aromatic heterocycles. The summed E-state index contributed by atoms with van der Waals surface area (Å²) in [4.78, 5) is 40.3. The number of carbonyl (C=O) groups is 2. The third-order valence-electron chi connectivity index (χ3n) is 5.56. The van der Waals surface area contributed by atoms with Gasteiger partial charge in [0, 0.05) is 28.2 Å². The summed E-state index contributed by atoms with van der Waals surface area (Å²) >= 11 is 0. The van der Waals surface area contributed by atoms with Gasteiger partial charge in [-0.3, -0.25) is 14.4 Å². The Balaban J connectivity index is 1.68. The lowest BCUT2D eigenvalue weighted by Gasteiger charge is -2.21. The number of anilines is 2. The Kier molecular flexibility index (Phi) is 6.98. The van der Waals surface area contributed by atoms with Gasteiger partial charge in [0.15, 0.2) is 11.6 Å².